The van der Waals surface area contributed by atoms with E-state index in [0.29, 0.717) is 13.1 Å². The Labute approximate surface area is 248 Å². The number of nitrogens with zero attached hydrogens (tertiary/aromatic N) is 6. The fourth-order valence-electron chi connectivity index (χ4n) is 5.64. The first-order chi connectivity index (χ1) is 19.8. The summed E-state index contributed by atoms with van der Waals surface area (Å²) in [5.41, 5.74) is -2.62. The fraction of sp³-hybridized carbons (Fsp3) is 0.552. The minimum Gasteiger partial charge on any atom is -0.351 e. The highest BCUT2D eigenvalue weighted by molar-refractivity contribution is 7.80. The van der Waals surface area contributed by atoms with Crippen molar-refractivity contribution in [1.29, 1.82) is 5.26 Å². The molecule has 1 aromatic carbocycles. The maximum Gasteiger partial charge on any atom is 0.417 e. The summed E-state index contributed by atoms with van der Waals surface area (Å²) in [5.74, 6) is -0.309. The van der Waals surface area contributed by atoms with Gasteiger partial charge in [-0.05, 0) is 77.5 Å². The molecule has 2 amide bonds. The van der Waals surface area contributed by atoms with Gasteiger partial charge in [-0.3, -0.25) is 19.4 Å². The standard InChI is InChI=1S/C29H35F3N6O3S/c1-19-18-36(25(39)24-11-12-34-41-24)20(2)17-35(19)13-7-5-6-8-14-37-27(42)38(26(40)28(37,3)4)22-10-9-21(16-33)23(15-22)29(30,31)32/h9-12,15,19-20H,5-8,13-14,17-18H2,1-4H3/t19-,20+/m1/s1. The summed E-state index contributed by atoms with van der Waals surface area (Å²) < 4.78 is 45.6. The number of carbonyl (C=O) groups is 2. The molecule has 1 aromatic heterocycles. The van der Waals surface area contributed by atoms with Crippen LogP contribution in [-0.2, 0) is 11.0 Å². The lowest BCUT2D eigenvalue weighted by Crippen LogP contribution is -2.58. The molecule has 0 aliphatic carbocycles. The molecule has 0 spiro atoms. The van der Waals surface area contributed by atoms with Gasteiger partial charge in [0.1, 0.15) is 5.54 Å². The van der Waals surface area contributed by atoms with E-state index in [-0.39, 0.29) is 34.6 Å². The Kier molecular flexibility index (Phi) is 9.27. The lowest BCUT2D eigenvalue weighted by atomic mass is 10.0. The summed E-state index contributed by atoms with van der Waals surface area (Å²) in [6, 6.07) is 6.58. The van der Waals surface area contributed by atoms with Crippen molar-refractivity contribution in [3.05, 3.63) is 47.3 Å². The van der Waals surface area contributed by atoms with Crippen LogP contribution >= 0.6 is 12.2 Å². The number of unbranched alkanes of at least 4 members (excludes halogenated alkanes) is 3. The zero-order valence-electron chi connectivity index (χ0n) is 24.1. The molecule has 2 aliphatic rings. The van der Waals surface area contributed by atoms with Gasteiger partial charge in [-0.1, -0.05) is 18.0 Å². The molecule has 9 nitrogen and oxygen atoms in total. The summed E-state index contributed by atoms with van der Waals surface area (Å²) in [6.45, 7) is 10.3. The van der Waals surface area contributed by atoms with Gasteiger partial charge in [0.2, 0.25) is 5.76 Å². The molecule has 3 heterocycles. The van der Waals surface area contributed by atoms with E-state index in [1.165, 1.54) is 12.3 Å². The van der Waals surface area contributed by atoms with Crippen LogP contribution in [0.15, 0.2) is 35.0 Å². The molecule has 2 fully saturated rings. The Hall–Kier alpha value is -3.50. The van der Waals surface area contributed by atoms with Gasteiger partial charge < -0.3 is 14.3 Å². The number of hydrogen-bond donors (Lipinski definition) is 0. The number of piperazine rings is 1. The van der Waals surface area contributed by atoms with E-state index in [4.69, 9.17) is 22.0 Å². The molecule has 13 heteroatoms. The van der Waals surface area contributed by atoms with Gasteiger partial charge in [0, 0.05) is 37.8 Å². The SMILES string of the molecule is C[C@@H]1CN(C(=O)c2ccno2)[C@@H](C)CN1CCCCCCN1C(=S)N(c2ccc(C#N)c(C(F)(F)F)c2)C(=O)C1(C)C. The van der Waals surface area contributed by atoms with Crippen molar-refractivity contribution < 1.29 is 27.3 Å². The van der Waals surface area contributed by atoms with Crippen LogP contribution in [0, 0.1) is 11.3 Å². The molecule has 4 rings (SSSR count). The molecular weight excluding hydrogens is 569 g/mol. The van der Waals surface area contributed by atoms with Crippen LogP contribution in [0.25, 0.3) is 0 Å². The summed E-state index contributed by atoms with van der Waals surface area (Å²) in [4.78, 5) is 33.1. The molecule has 2 aromatic rings. The van der Waals surface area contributed by atoms with Gasteiger partial charge in [-0.25, -0.2) is 0 Å². The van der Waals surface area contributed by atoms with Gasteiger partial charge in [0.05, 0.1) is 29.1 Å². The van der Waals surface area contributed by atoms with Crippen molar-refractivity contribution in [1.82, 2.24) is 19.9 Å². The molecule has 2 saturated heterocycles. The van der Waals surface area contributed by atoms with E-state index < -0.39 is 28.7 Å². The molecule has 226 valence electrons. The van der Waals surface area contributed by atoms with Crippen molar-refractivity contribution in [3.8, 4) is 6.07 Å². The monoisotopic (exact) mass is 604 g/mol. The molecule has 0 unspecified atom stereocenters. The highest BCUT2D eigenvalue weighted by Crippen LogP contribution is 2.38. The minimum atomic E-state index is -4.74. The normalized spacial score (nSPS) is 21.2. The maximum absolute atomic E-state index is 13.5. The Morgan fingerprint density at radius 2 is 1.81 bits per heavy atom. The van der Waals surface area contributed by atoms with Crippen LogP contribution in [-0.4, -0.2) is 80.6 Å². The smallest absolute Gasteiger partial charge is 0.351 e. The number of carbonyl (C=O) groups excluding carboxylic acids is 2. The summed E-state index contributed by atoms with van der Waals surface area (Å²) in [7, 11) is 0. The molecule has 2 atom stereocenters. The van der Waals surface area contributed by atoms with E-state index in [1.54, 1.807) is 30.9 Å². The number of hydrogen-bond acceptors (Lipinski definition) is 7. The number of alkyl halides is 3. The third-order valence-corrected chi connectivity index (χ3v) is 8.52. The number of rotatable bonds is 9. The number of amides is 2. The highest BCUT2D eigenvalue weighted by Gasteiger charge is 2.49. The Morgan fingerprint density at radius 1 is 1.12 bits per heavy atom. The van der Waals surface area contributed by atoms with Crippen LogP contribution in [0.2, 0.25) is 0 Å². The molecule has 0 saturated carbocycles. The predicted molar refractivity (Wildman–Crippen MR) is 154 cm³/mol. The Bertz CT molecular complexity index is 1360. The zero-order chi connectivity index (χ0) is 30.8. The number of thiocarbonyl (C=S) groups is 1. The first-order valence-corrected chi connectivity index (χ1v) is 14.4. The molecule has 2 aliphatic heterocycles. The molecule has 0 N–H and O–H groups in total. The average molecular weight is 605 g/mol. The van der Waals surface area contributed by atoms with Gasteiger partial charge in [0.15, 0.2) is 5.11 Å². The quantitative estimate of drug-likeness (QED) is 0.289. The van der Waals surface area contributed by atoms with Crippen molar-refractivity contribution in [2.24, 2.45) is 0 Å². The van der Waals surface area contributed by atoms with E-state index in [0.717, 1.165) is 55.8 Å². The lowest BCUT2D eigenvalue weighted by Gasteiger charge is -2.43. The second kappa shape index (κ2) is 12.4. The number of benzene rings is 1. The van der Waals surface area contributed by atoms with Gasteiger partial charge in [-0.2, -0.15) is 18.4 Å². The zero-order valence-corrected chi connectivity index (χ0v) is 25.0. The summed E-state index contributed by atoms with van der Waals surface area (Å²) >= 11 is 5.57. The minimum absolute atomic E-state index is 0.00197. The van der Waals surface area contributed by atoms with E-state index in [2.05, 4.69) is 17.0 Å². The van der Waals surface area contributed by atoms with Gasteiger partial charge >= 0.3 is 6.18 Å². The third-order valence-electron chi connectivity index (χ3n) is 8.11. The maximum atomic E-state index is 13.5. The van der Waals surface area contributed by atoms with Crippen molar-refractivity contribution in [2.75, 3.05) is 31.1 Å². The number of aromatic nitrogens is 1. The summed E-state index contributed by atoms with van der Waals surface area (Å²) in [6.07, 6.45) is 0.313. The fourth-order valence-corrected chi connectivity index (χ4v) is 6.15. The third kappa shape index (κ3) is 6.29. The van der Waals surface area contributed by atoms with Gasteiger partial charge in [-0.15, -0.1) is 0 Å². The van der Waals surface area contributed by atoms with Crippen LogP contribution in [0.1, 0.15) is 75.1 Å². The first kappa shape index (κ1) is 31.4. The lowest BCUT2D eigenvalue weighted by molar-refractivity contribution is -0.137. The van der Waals surface area contributed by atoms with E-state index >= 15 is 0 Å². The topological polar surface area (TPSA) is 96.9 Å². The highest BCUT2D eigenvalue weighted by atomic mass is 32.1. The van der Waals surface area contributed by atoms with Crippen LogP contribution in [0.5, 0.6) is 0 Å². The second-order valence-electron chi connectivity index (χ2n) is 11.4. The van der Waals surface area contributed by atoms with E-state index in [1.807, 2.05) is 11.8 Å². The van der Waals surface area contributed by atoms with Crippen LogP contribution in [0.3, 0.4) is 0 Å². The Balaban J connectivity index is 1.27. The van der Waals surface area contributed by atoms with Crippen molar-refractivity contribution in [2.45, 2.75) is 77.2 Å². The average Bonchev–Trinajstić information content (AvgIpc) is 3.53. The van der Waals surface area contributed by atoms with Crippen molar-refractivity contribution >= 4 is 34.8 Å². The number of nitriles is 1. The molecule has 0 radical (unpaired) electrons. The Morgan fingerprint density at radius 3 is 2.43 bits per heavy atom. The molecule has 42 heavy (non-hydrogen) atoms. The van der Waals surface area contributed by atoms with Gasteiger partial charge in [0.25, 0.3) is 11.8 Å². The number of anilines is 1. The van der Waals surface area contributed by atoms with Crippen LogP contribution < -0.4 is 4.90 Å². The first-order valence-electron chi connectivity index (χ1n) is 14.0. The molecule has 0 bridgehead atoms. The van der Waals surface area contributed by atoms with Crippen LogP contribution in [0.4, 0.5) is 18.9 Å². The summed E-state index contributed by atoms with van der Waals surface area (Å²) in [5, 5.41) is 12.9. The van der Waals surface area contributed by atoms with Crippen molar-refractivity contribution in [3.63, 3.8) is 0 Å². The largest absolute Gasteiger partial charge is 0.417 e. The number of halogens is 3. The predicted octanol–water partition coefficient (Wildman–Crippen LogP) is 5.07. The molecular formula is C29H35F3N6O3S. The second-order valence-corrected chi connectivity index (χ2v) is 11.8. The van der Waals surface area contributed by atoms with E-state index in [9.17, 15) is 22.8 Å².